The van der Waals surface area contributed by atoms with Gasteiger partial charge in [0.2, 0.25) is 0 Å². The van der Waals surface area contributed by atoms with E-state index in [4.69, 9.17) is 11.5 Å². The van der Waals surface area contributed by atoms with Gasteiger partial charge in [-0.1, -0.05) is 6.92 Å². The fourth-order valence-electron chi connectivity index (χ4n) is 0.167. The first-order chi connectivity index (χ1) is 2.81. The van der Waals surface area contributed by atoms with Crippen molar-refractivity contribution in [3.05, 3.63) is 0 Å². The van der Waals surface area contributed by atoms with E-state index in [1.54, 1.807) is 0 Å². The minimum atomic E-state index is 0. The summed E-state index contributed by atoms with van der Waals surface area (Å²) in [6, 6.07) is 0.213. The molecule has 46 valence electrons. The van der Waals surface area contributed by atoms with Crippen LogP contribution in [0.5, 0.6) is 0 Å². The van der Waals surface area contributed by atoms with Crippen molar-refractivity contribution in [2.24, 2.45) is 11.5 Å². The summed E-state index contributed by atoms with van der Waals surface area (Å²) < 4.78 is 0. The molecule has 0 aliphatic rings. The summed E-state index contributed by atoms with van der Waals surface area (Å²) in [7, 11) is 0. The van der Waals surface area contributed by atoms with Gasteiger partial charge in [0.1, 0.15) is 0 Å². The second-order valence-electron chi connectivity index (χ2n) is 1.40. The normalized spacial score (nSPS) is 12.4. The lowest BCUT2D eigenvalue weighted by Gasteiger charge is -1.99. The molecule has 0 aliphatic carbocycles. The molecule has 0 aromatic heterocycles. The molecule has 7 heavy (non-hydrogen) atoms. The molecule has 0 amide bonds. The van der Waals surface area contributed by atoms with Crippen LogP contribution in [-0.2, 0) is 0 Å². The average molecular weight is 125 g/mol. The second kappa shape index (κ2) is 6.21. The van der Waals surface area contributed by atoms with E-state index in [0.29, 0.717) is 6.54 Å². The van der Waals surface area contributed by atoms with Gasteiger partial charge in [-0.2, -0.15) is 0 Å². The highest BCUT2D eigenvalue weighted by atomic mass is 35.5. The van der Waals surface area contributed by atoms with E-state index in [9.17, 15) is 0 Å². The molecule has 0 aromatic rings. The number of rotatable bonds is 2. The van der Waals surface area contributed by atoms with Crippen molar-refractivity contribution in [2.75, 3.05) is 6.54 Å². The van der Waals surface area contributed by atoms with Crippen LogP contribution in [0.2, 0.25) is 0 Å². The molecule has 1 atom stereocenters. The van der Waals surface area contributed by atoms with Gasteiger partial charge in [-0.15, -0.1) is 12.4 Å². The van der Waals surface area contributed by atoms with Gasteiger partial charge in [0.25, 0.3) is 0 Å². The third-order valence-electron chi connectivity index (χ3n) is 0.827. The summed E-state index contributed by atoms with van der Waals surface area (Å²) in [6.45, 7) is 2.63. The van der Waals surface area contributed by atoms with Crippen molar-refractivity contribution in [3.8, 4) is 0 Å². The maximum absolute atomic E-state index is 5.35. The van der Waals surface area contributed by atoms with E-state index in [0.717, 1.165) is 6.42 Å². The average Bonchev–Trinajstić information content (AvgIpc) is 1.65. The molecule has 0 heterocycles. The fraction of sp³-hybridized carbons (Fsp3) is 1.00. The van der Waals surface area contributed by atoms with Crippen molar-refractivity contribution < 1.29 is 0 Å². The van der Waals surface area contributed by atoms with E-state index in [1.807, 2.05) is 6.92 Å². The van der Waals surface area contributed by atoms with Crippen LogP contribution >= 0.6 is 12.4 Å². The maximum atomic E-state index is 5.35. The quantitative estimate of drug-likeness (QED) is 0.549. The molecule has 0 unspecified atom stereocenters. The molecule has 0 saturated carbocycles. The van der Waals surface area contributed by atoms with Crippen LogP contribution in [0, 0.1) is 0 Å². The number of halogens is 1. The molecule has 3 heteroatoms. The summed E-state index contributed by atoms with van der Waals surface area (Å²) >= 11 is 0. The second-order valence-corrected chi connectivity index (χ2v) is 1.40. The van der Waals surface area contributed by atoms with Crippen LogP contribution in [-0.4, -0.2) is 12.6 Å². The SMILES string of the molecule is CC[C@H](N)CN.Cl. The number of hydrogen-bond acceptors (Lipinski definition) is 2. The van der Waals surface area contributed by atoms with Crippen molar-refractivity contribution in [1.29, 1.82) is 0 Å². The van der Waals surface area contributed by atoms with E-state index in [-0.39, 0.29) is 18.4 Å². The molecule has 0 spiro atoms. The van der Waals surface area contributed by atoms with E-state index < -0.39 is 0 Å². The van der Waals surface area contributed by atoms with Crippen LogP contribution in [0.3, 0.4) is 0 Å². The van der Waals surface area contributed by atoms with Gasteiger partial charge in [0.15, 0.2) is 0 Å². The van der Waals surface area contributed by atoms with Gasteiger partial charge >= 0.3 is 0 Å². The minimum absolute atomic E-state index is 0. The Hall–Kier alpha value is 0.210. The first-order valence-electron chi connectivity index (χ1n) is 2.27. The van der Waals surface area contributed by atoms with Crippen LogP contribution in [0.1, 0.15) is 13.3 Å². The highest BCUT2D eigenvalue weighted by molar-refractivity contribution is 5.85. The number of hydrogen-bond donors (Lipinski definition) is 2. The topological polar surface area (TPSA) is 52.0 Å². The standard InChI is InChI=1S/C4H12N2.ClH/c1-2-4(6)3-5;/h4H,2-3,5-6H2,1H3;1H/t4-;/m0./s1. The zero-order valence-electron chi connectivity index (χ0n) is 4.55. The van der Waals surface area contributed by atoms with Crippen molar-refractivity contribution in [2.45, 2.75) is 19.4 Å². The molecular weight excluding hydrogens is 112 g/mol. The molecule has 0 rings (SSSR count). The Bertz CT molecular complexity index is 28.9. The van der Waals surface area contributed by atoms with Gasteiger partial charge in [-0.25, -0.2) is 0 Å². The first-order valence-corrected chi connectivity index (χ1v) is 2.27. The highest BCUT2D eigenvalue weighted by Gasteiger charge is 1.88. The monoisotopic (exact) mass is 124 g/mol. The fourth-order valence-corrected chi connectivity index (χ4v) is 0.167. The molecule has 0 aliphatic heterocycles. The van der Waals surface area contributed by atoms with E-state index >= 15 is 0 Å². The van der Waals surface area contributed by atoms with Crippen LogP contribution in [0.4, 0.5) is 0 Å². The summed E-state index contributed by atoms with van der Waals surface area (Å²) in [5.41, 5.74) is 10.5. The van der Waals surface area contributed by atoms with Crippen LogP contribution in [0.25, 0.3) is 0 Å². The third-order valence-corrected chi connectivity index (χ3v) is 0.827. The van der Waals surface area contributed by atoms with Crippen LogP contribution < -0.4 is 11.5 Å². The summed E-state index contributed by atoms with van der Waals surface area (Å²) in [4.78, 5) is 0. The van der Waals surface area contributed by atoms with E-state index in [1.165, 1.54) is 0 Å². The smallest absolute Gasteiger partial charge is 0.0160 e. The number of nitrogens with two attached hydrogens (primary N) is 2. The summed E-state index contributed by atoms with van der Waals surface area (Å²) in [5, 5.41) is 0. The lowest BCUT2D eigenvalue weighted by Crippen LogP contribution is -2.28. The van der Waals surface area contributed by atoms with E-state index in [2.05, 4.69) is 0 Å². The lowest BCUT2D eigenvalue weighted by molar-refractivity contribution is 0.660. The van der Waals surface area contributed by atoms with Gasteiger partial charge in [-0.05, 0) is 6.42 Å². The first kappa shape index (κ1) is 10.2. The van der Waals surface area contributed by atoms with Crippen molar-refractivity contribution in [3.63, 3.8) is 0 Å². The zero-order chi connectivity index (χ0) is 4.99. The van der Waals surface area contributed by atoms with Crippen molar-refractivity contribution in [1.82, 2.24) is 0 Å². The van der Waals surface area contributed by atoms with Gasteiger partial charge in [0, 0.05) is 12.6 Å². The lowest BCUT2D eigenvalue weighted by atomic mass is 10.2. The largest absolute Gasteiger partial charge is 0.329 e. The zero-order valence-corrected chi connectivity index (χ0v) is 5.37. The Balaban J connectivity index is 0. The maximum Gasteiger partial charge on any atom is 0.0160 e. The predicted octanol–water partition coefficient (Wildman–Crippen LogP) is 0.104. The summed E-state index contributed by atoms with van der Waals surface area (Å²) in [5.74, 6) is 0. The molecule has 4 N–H and O–H groups in total. The van der Waals surface area contributed by atoms with Gasteiger partial charge in [-0.3, -0.25) is 0 Å². The molecular formula is C4H13ClN2. The van der Waals surface area contributed by atoms with Gasteiger partial charge < -0.3 is 11.5 Å². The molecule has 0 bridgehead atoms. The molecule has 2 nitrogen and oxygen atoms in total. The predicted molar refractivity (Wildman–Crippen MR) is 34.6 cm³/mol. The Labute approximate surface area is 50.7 Å². The van der Waals surface area contributed by atoms with Crippen molar-refractivity contribution >= 4 is 12.4 Å². The molecule has 0 aromatic carbocycles. The Morgan fingerprint density at radius 2 is 2.00 bits per heavy atom. The molecule has 0 fully saturated rings. The van der Waals surface area contributed by atoms with Crippen LogP contribution in [0.15, 0.2) is 0 Å². The molecule has 0 saturated heterocycles. The third kappa shape index (κ3) is 6.21. The highest BCUT2D eigenvalue weighted by Crippen LogP contribution is 1.77. The van der Waals surface area contributed by atoms with Gasteiger partial charge in [0.05, 0.1) is 0 Å². The summed E-state index contributed by atoms with van der Waals surface area (Å²) in [6.07, 6.45) is 0.983. The Kier molecular flexibility index (Phi) is 9.09. The molecule has 0 radical (unpaired) electrons. The minimum Gasteiger partial charge on any atom is -0.329 e. The Morgan fingerprint density at radius 3 is 2.00 bits per heavy atom. The Morgan fingerprint density at radius 1 is 1.57 bits per heavy atom.